The molecule has 0 bridgehead atoms. The molecule has 0 radical (unpaired) electrons. The highest BCUT2D eigenvalue weighted by Crippen LogP contribution is 2.32. The van der Waals surface area contributed by atoms with Gasteiger partial charge in [0.25, 0.3) is 0 Å². The number of halogens is 1. The van der Waals surface area contributed by atoms with E-state index in [1.54, 1.807) is 13.3 Å². The van der Waals surface area contributed by atoms with E-state index in [0.717, 1.165) is 15.7 Å². The van der Waals surface area contributed by atoms with Crippen LogP contribution in [0.25, 0.3) is 0 Å². The van der Waals surface area contributed by atoms with Crippen LogP contribution in [0, 0.1) is 0 Å². The fraction of sp³-hybridized carbons (Fsp3) is 0.214. The van der Waals surface area contributed by atoms with Gasteiger partial charge >= 0.3 is 0 Å². The van der Waals surface area contributed by atoms with Gasteiger partial charge in [-0.3, -0.25) is 4.98 Å². The highest BCUT2D eigenvalue weighted by Gasteiger charge is 2.28. The molecular weight excluding hydrogens is 292 g/mol. The minimum absolute atomic E-state index is 0.697. The molecule has 2 rings (SSSR count). The van der Waals surface area contributed by atoms with E-state index in [-0.39, 0.29) is 0 Å². The Hall–Kier alpha value is -1.39. The summed E-state index contributed by atoms with van der Waals surface area (Å²) in [5.74, 6) is 0.697. The lowest BCUT2D eigenvalue weighted by molar-refractivity contribution is 0.393. The summed E-state index contributed by atoms with van der Waals surface area (Å²) in [7, 11) is 1.62. The molecule has 1 aromatic heterocycles. The number of pyridine rings is 1. The zero-order valence-electron chi connectivity index (χ0n) is 10.4. The van der Waals surface area contributed by atoms with E-state index >= 15 is 0 Å². The van der Waals surface area contributed by atoms with Gasteiger partial charge < -0.3 is 10.5 Å². The number of hydrogen-bond donors (Lipinski definition) is 1. The van der Waals surface area contributed by atoms with Gasteiger partial charge in [0.05, 0.1) is 12.6 Å². The summed E-state index contributed by atoms with van der Waals surface area (Å²) in [5, 5.41) is 0. The van der Waals surface area contributed by atoms with Gasteiger partial charge in [0, 0.05) is 10.7 Å². The number of nitrogens with zero attached hydrogens (tertiary/aromatic N) is 1. The molecule has 2 N–H and O–H groups in total. The van der Waals surface area contributed by atoms with Crippen LogP contribution in [0.2, 0.25) is 0 Å². The third kappa shape index (κ3) is 2.40. The van der Waals surface area contributed by atoms with Gasteiger partial charge in [-0.25, -0.2) is 0 Å². The molecular formula is C14H15BrN2O. The van der Waals surface area contributed by atoms with E-state index in [9.17, 15) is 0 Å². The molecule has 0 spiro atoms. The van der Waals surface area contributed by atoms with Gasteiger partial charge in [0.2, 0.25) is 0 Å². The van der Waals surface area contributed by atoms with E-state index in [2.05, 4.69) is 20.9 Å². The van der Waals surface area contributed by atoms with Gasteiger partial charge in [-0.05, 0) is 36.8 Å². The van der Waals surface area contributed by atoms with Gasteiger partial charge in [-0.1, -0.05) is 28.1 Å². The molecule has 0 aliphatic heterocycles. The van der Waals surface area contributed by atoms with Crippen LogP contribution < -0.4 is 10.5 Å². The van der Waals surface area contributed by atoms with E-state index in [1.165, 1.54) is 0 Å². The maximum absolute atomic E-state index is 6.44. The number of methoxy groups -OCH3 is 1. The first-order chi connectivity index (χ1) is 8.55. The second-order valence-corrected chi connectivity index (χ2v) is 5.18. The monoisotopic (exact) mass is 306 g/mol. The molecule has 3 nitrogen and oxygen atoms in total. The summed E-state index contributed by atoms with van der Waals surface area (Å²) in [4.78, 5) is 4.36. The third-order valence-corrected chi connectivity index (χ3v) is 3.40. The zero-order valence-corrected chi connectivity index (χ0v) is 11.9. The van der Waals surface area contributed by atoms with Crippen molar-refractivity contribution in [2.75, 3.05) is 7.11 Å². The maximum Gasteiger partial charge on any atom is 0.142 e. The van der Waals surface area contributed by atoms with Gasteiger partial charge in [-0.15, -0.1) is 0 Å². The van der Waals surface area contributed by atoms with Crippen molar-refractivity contribution in [1.29, 1.82) is 0 Å². The standard InChI is InChI=1S/C14H15BrN2O/c1-14(16,10-5-3-6-11(15)9-10)13-12(18-2)7-4-8-17-13/h3-9H,16H2,1-2H3. The van der Waals surface area contributed by atoms with Crippen molar-refractivity contribution < 1.29 is 4.74 Å². The molecule has 4 heteroatoms. The SMILES string of the molecule is COc1cccnc1C(C)(N)c1cccc(Br)c1. The second-order valence-electron chi connectivity index (χ2n) is 4.27. The molecule has 0 saturated heterocycles. The van der Waals surface area contributed by atoms with E-state index in [1.807, 2.05) is 43.3 Å². The van der Waals surface area contributed by atoms with E-state index in [4.69, 9.17) is 10.5 Å². The number of rotatable bonds is 3. The van der Waals surface area contributed by atoms with Crippen LogP contribution in [-0.4, -0.2) is 12.1 Å². The van der Waals surface area contributed by atoms with Gasteiger partial charge in [-0.2, -0.15) is 0 Å². The Labute approximate surface area is 115 Å². The Kier molecular flexibility index (Phi) is 3.68. The van der Waals surface area contributed by atoms with Crippen molar-refractivity contribution in [3.05, 3.63) is 58.3 Å². The highest BCUT2D eigenvalue weighted by molar-refractivity contribution is 9.10. The second kappa shape index (κ2) is 5.08. The fourth-order valence-corrected chi connectivity index (χ4v) is 2.29. The summed E-state index contributed by atoms with van der Waals surface area (Å²) < 4.78 is 6.32. The quantitative estimate of drug-likeness (QED) is 0.948. The van der Waals surface area contributed by atoms with Crippen molar-refractivity contribution in [1.82, 2.24) is 4.98 Å². The smallest absolute Gasteiger partial charge is 0.142 e. The van der Waals surface area contributed by atoms with Crippen LogP contribution in [-0.2, 0) is 5.54 Å². The average Bonchev–Trinajstić information content (AvgIpc) is 2.38. The summed E-state index contributed by atoms with van der Waals surface area (Å²) in [6, 6.07) is 11.6. The third-order valence-electron chi connectivity index (χ3n) is 2.91. The first kappa shape index (κ1) is 13.1. The van der Waals surface area contributed by atoms with Crippen LogP contribution in [0.4, 0.5) is 0 Å². The Morgan fingerprint density at radius 2 is 2.06 bits per heavy atom. The molecule has 0 aliphatic rings. The predicted octanol–water partition coefficient (Wildman–Crippen LogP) is 3.07. The maximum atomic E-state index is 6.44. The number of ether oxygens (including phenoxy) is 1. The lowest BCUT2D eigenvalue weighted by atomic mass is 9.89. The van der Waals surface area contributed by atoms with Crippen LogP contribution in [0.1, 0.15) is 18.2 Å². The van der Waals surface area contributed by atoms with Crippen LogP contribution in [0.3, 0.4) is 0 Å². The fourth-order valence-electron chi connectivity index (χ4n) is 1.89. The number of nitrogens with two attached hydrogens (primary N) is 1. The normalized spacial score (nSPS) is 14.0. The van der Waals surface area contributed by atoms with Gasteiger partial charge in [0.15, 0.2) is 0 Å². The van der Waals surface area contributed by atoms with Crippen molar-refractivity contribution in [2.24, 2.45) is 5.73 Å². The summed E-state index contributed by atoms with van der Waals surface area (Å²) in [5.41, 5.74) is 7.45. The molecule has 94 valence electrons. The van der Waals surface area contributed by atoms with Crippen molar-refractivity contribution in [3.8, 4) is 5.75 Å². The van der Waals surface area contributed by atoms with Gasteiger partial charge in [0.1, 0.15) is 11.4 Å². The molecule has 0 saturated carbocycles. The highest BCUT2D eigenvalue weighted by atomic mass is 79.9. The Balaban J connectivity index is 2.54. The molecule has 1 unspecified atom stereocenters. The van der Waals surface area contributed by atoms with Crippen LogP contribution >= 0.6 is 15.9 Å². The summed E-state index contributed by atoms with van der Waals surface area (Å²) >= 11 is 3.46. The zero-order chi connectivity index (χ0) is 13.2. The van der Waals surface area contributed by atoms with E-state index in [0.29, 0.717) is 5.75 Å². The molecule has 1 heterocycles. The Bertz CT molecular complexity index is 555. The lowest BCUT2D eigenvalue weighted by Gasteiger charge is -2.26. The predicted molar refractivity (Wildman–Crippen MR) is 75.6 cm³/mol. The largest absolute Gasteiger partial charge is 0.495 e. The molecule has 1 aromatic carbocycles. The topological polar surface area (TPSA) is 48.1 Å². The van der Waals surface area contributed by atoms with Crippen LogP contribution in [0.5, 0.6) is 5.75 Å². The first-order valence-electron chi connectivity index (χ1n) is 5.60. The van der Waals surface area contributed by atoms with Crippen molar-refractivity contribution in [3.63, 3.8) is 0 Å². The van der Waals surface area contributed by atoms with Crippen molar-refractivity contribution in [2.45, 2.75) is 12.5 Å². The number of benzene rings is 1. The minimum Gasteiger partial charge on any atom is -0.495 e. The first-order valence-corrected chi connectivity index (χ1v) is 6.39. The Morgan fingerprint density at radius 3 is 2.72 bits per heavy atom. The summed E-state index contributed by atoms with van der Waals surface area (Å²) in [6.45, 7) is 1.93. The Morgan fingerprint density at radius 1 is 1.28 bits per heavy atom. The lowest BCUT2D eigenvalue weighted by Crippen LogP contribution is -2.35. The minimum atomic E-state index is -0.698. The molecule has 1 atom stereocenters. The molecule has 18 heavy (non-hydrogen) atoms. The van der Waals surface area contributed by atoms with Crippen LogP contribution in [0.15, 0.2) is 47.1 Å². The summed E-state index contributed by atoms with van der Waals surface area (Å²) in [6.07, 6.45) is 1.72. The number of hydrogen-bond acceptors (Lipinski definition) is 3. The molecule has 0 aliphatic carbocycles. The van der Waals surface area contributed by atoms with Crippen molar-refractivity contribution >= 4 is 15.9 Å². The van der Waals surface area contributed by atoms with E-state index < -0.39 is 5.54 Å². The number of aromatic nitrogens is 1. The molecule has 0 amide bonds. The average molecular weight is 307 g/mol. The molecule has 0 fully saturated rings. The molecule has 2 aromatic rings.